The molecule has 0 bridgehead atoms. The first kappa shape index (κ1) is 16.9. The molecule has 1 saturated heterocycles. The van der Waals surface area contributed by atoms with Crippen LogP contribution in [0.15, 0.2) is 6.33 Å². The summed E-state index contributed by atoms with van der Waals surface area (Å²) >= 11 is 0. The van der Waals surface area contributed by atoms with Crippen LogP contribution in [0.1, 0.15) is 64.2 Å². The molecule has 0 radical (unpaired) electrons. The molecule has 0 saturated carbocycles. The fourth-order valence-electron chi connectivity index (χ4n) is 3.03. The van der Waals surface area contributed by atoms with Gasteiger partial charge in [-0.05, 0) is 39.8 Å². The van der Waals surface area contributed by atoms with E-state index < -0.39 is 0 Å². The first-order valence-electron chi connectivity index (χ1n) is 8.60. The summed E-state index contributed by atoms with van der Waals surface area (Å²) in [5.41, 5.74) is 0. The molecule has 22 heavy (non-hydrogen) atoms. The monoisotopic (exact) mass is 307 g/mol. The van der Waals surface area contributed by atoms with Crippen molar-refractivity contribution in [3.63, 3.8) is 0 Å². The maximum absolute atomic E-state index is 12.1. The number of hydrogen-bond acceptors (Lipinski definition) is 4. The van der Waals surface area contributed by atoms with Crippen molar-refractivity contribution in [1.29, 1.82) is 0 Å². The maximum Gasteiger partial charge on any atom is 0.221 e. The molecule has 1 aromatic heterocycles. The molecule has 1 amide bonds. The van der Waals surface area contributed by atoms with Crippen LogP contribution >= 0.6 is 0 Å². The lowest BCUT2D eigenvalue weighted by Gasteiger charge is -2.24. The van der Waals surface area contributed by atoms with Crippen LogP contribution in [-0.4, -0.2) is 45.2 Å². The average molecular weight is 307 g/mol. The third-order valence-electron chi connectivity index (χ3n) is 4.31. The molecular weight excluding hydrogens is 278 g/mol. The number of rotatable bonds is 6. The summed E-state index contributed by atoms with van der Waals surface area (Å²) in [7, 11) is 0. The van der Waals surface area contributed by atoms with E-state index in [1.807, 2.05) is 18.5 Å². The van der Waals surface area contributed by atoms with E-state index in [-0.39, 0.29) is 11.9 Å². The van der Waals surface area contributed by atoms with Crippen molar-refractivity contribution in [2.24, 2.45) is 0 Å². The molecule has 1 fully saturated rings. The zero-order valence-electron chi connectivity index (χ0n) is 13.9. The number of nitrogens with zero attached hydrogens (tertiary/aromatic N) is 4. The van der Waals surface area contributed by atoms with Crippen LogP contribution in [0.5, 0.6) is 0 Å². The third kappa shape index (κ3) is 5.09. The Balaban J connectivity index is 1.75. The van der Waals surface area contributed by atoms with Crippen LogP contribution in [0.3, 0.4) is 0 Å². The van der Waals surface area contributed by atoms with Crippen molar-refractivity contribution < 1.29 is 4.79 Å². The van der Waals surface area contributed by atoms with E-state index >= 15 is 0 Å². The van der Waals surface area contributed by atoms with Gasteiger partial charge in [-0.25, -0.2) is 9.67 Å². The van der Waals surface area contributed by atoms with E-state index in [0.29, 0.717) is 6.42 Å². The highest BCUT2D eigenvalue weighted by Gasteiger charge is 2.16. The molecule has 6 nitrogen and oxygen atoms in total. The molecule has 2 heterocycles. The highest BCUT2D eigenvalue weighted by Crippen LogP contribution is 2.11. The summed E-state index contributed by atoms with van der Waals surface area (Å²) < 4.78 is 1.82. The van der Waals surface area contributed by atoms with Crippen molar-refractivity contribution in [3.8, 4) is 0 Å². The zero-order valence-corrected chi connectivity index (χ0v) is 13.9. The second-order valence-corrected chi connectivity index (χ2v) is 6.08. The Morgan fingerprint density at radius 3 is 2.64 bits per heavy atom. The van der Waals surface area contributed by atoms with E-state index in [1.165, 1.54) is 32.1 Å². The molecule has 0 aromatic carbocycles. The normalized spacial score (nSPS) is 18.5. The van der Waals surface area contributed by atoms with Gasteiger partial charge in [0.15, 0.2) is 0 Å². The Morgan fingerprint density at radius 1 is 1.27 bits per heavy atom. The number of amides is 1. The number of likely N-dealkylation sites (tertiary alicyclic amines) is 1. The minimum atomic E-state index is -0.0951. The van der Waals surface area contributed by atoms with Gasteiger partial charge in [-0.15, -0.1) is 0 Å². The third-order valence-corrected chi connectivity index (χ3v) is 4.31. The van der Waals surface area contributed by atoms with Crippen LogP contribution in [0.25, 0.3) is 0 Å². The maximum atomic E-state index is 12.1. The summed E-state index contributed by atoms with van der Waals surface area (Å²) in [6.07, 6.45) is 8.64. The Kier molecular flexibility index (Phi) is 6.83. The molecule has 124 valence electrons. The lowest BCUT2D eigenvalue weighted by molar-refractivity contribution is -0.122. The molecule has 1 aromatic rings. The summed E-state index contributed by atoms with van der Waals surface area (Å²) in [6.45, 7) is 7.88. The quantitative estimate of drug-likeness (QED) is 0.874. The van der Waals surface area contributed by atoms with Crippen molar-refractivity contribution in [2.45, 2.75) is 65.0 Å². The first-order valence-corrected chi connectivity index (χ1v) is 8.60. The smallest absolute Gasteiger partial charge is 0.221 e. The largest absolute Gasteiger partial charge is 0.346 e. The molecule has 0 unspecified atom stereocenters. The molecule has 1 aliphatic rings. The number of nitrogens with one attached hydrogen (secondary N) is 1. The number of carbonyl (C=O) groups excluding carboxylic acids is 1. The van der Waals surface area contributed by atoms with Gasteiger partial charge in [-0.3, -0.25) is 4.79 Å². The van der Waals surface area contributed by atoms with Crippen molar-refractivity contribution in [1.82, 2.24) is 25.0 Å². The van der Waals surface area contributed by atoms with Gasteiger partial charge in [-0.1, -0.05) is 19.3 Å². The van der Waals surface area contributed by atoms with E-state index in [4.69, 9.17) is 0 Å². The molecular formula is C16H29N5O. The van der Waals surface area contributed by atoms with Gasteiger partial charge in [-0.2, -0.15) is 5.10 Å². The van der Waals surface area contributed by atoms with Crippen LogP contribution in [-0.2, 0) is 11.3 Å². The van der Waals surface area contributed by atoms with Gasteiger partial charge in [0.2, 0.25) is 5.91 Å². The predicted molar refractivity (Wildman–Crippen MR) is 86.4 cm³/mol. The van der Waals surface area contributed by atoms with Crippen molar-refractivity contribution in [3.05, 3.63) is 12.2 Å². The highest BCUT2D eigenvalue weighted by atomic mass is 16.1. The molecule has 1 aliphatic heterocycles. The van der Waals surface area contributed by atoms with Gasteiger partial charge in [0.05, 0.1) is 6.04 Å². The standard InChI is InChI=1S/C16H29N5O/c1-3-21-16(17-13-18-21)14(2)19-15(22)9-12-20-10-7-5-4-6-8-11-20/h13-14H,3-12H2,1-2H3,(H,19,22)/t14-/m1/s1. The van der Waals surface area contributed by atoms with E-state index in [0.717, 1.165) is 32.0 Å². The van der Waals surface area contributed by atoms with Gasteiger partial charge in [0.1, 0.15) is 12.2 Å². The van der Waals surface area contributed by atoms with E-state index in [9.17, 15) is 4.79 Å². The first-order chi connectivity index (χ1) is 10.7. The van der Waals surface area contributed by atoms with E-state index in [1.54, 1.807) is 6.33 Å². The second kappa shape index (κ2) is 8.88. The summed E-state index contributed by atoms with van der Waals surface area (Å²) in [5.74, 6) is 0.919. The van der Waals surface area contributed by atoms with Gasteiger partial charge < -0.3 is 10.2 Å². The summed E-state index contributed by atoms with van der Waals surface area (Å²) in [6, 6.07) is -0.0951. The predicted octanol–water partition coefficient (Wildman–Crippen LogP) is 2.13. The fourth-order valence-corrected chi connectivity index (χ4v) is 3.03. The summed E-state index contributed by atoms with van der Waals surface area (Å²) in [5, 5.41) is 7.18. The van der Waals surface area contributed by atoms with Crippen LogP contribution in [0.2, 0.25) is 0 Å². The molecule has 2 rings (SSSR count). The van der Waals surface area contributed by atoms with Crippen molar-refractivity contribution in [2.75, 3.05) is 19.6 Å². The Bertz CT molecular complexity index is 451. The number of carbonyl (C=O) groups is 1. The van der Waals surface area contributed by atoms with Gasteiger partial charge in [0, 0.05) is 19.5 Å². The van der Waals surface area contributed by atoms with Crippen LogP contribution in [0, 0.1) is 0 Å². The Hall–Kier alpha value is -1.43. The lowest BCUT2D eigenvalue weighted by Crippen LogP contribution is -2.34. The Morgan fingerprint density at radius 2 is 1.95 bits per heavy atom. The number of aromatic nitrogens is 3. The topological polar surface area (TPSA) is 63.1 Å². The lowest BCUT2D eigenvalue weighted by atomic mass is 10.1. The number of hydrogen-bond donors (Lipinski definition) is 1. The number of aryl methyl sites for hydroxylation is 1. The van der Waals surface area contributed by atoms with E-state index in [2.05, 4.69) is 20.3 Å². The van der Waals surface area contributed by atoms with Gasteiger partial charge >= 0.3 is 0 Å². The average Bonchev–Trinajstić information content (AvgIpc) is 2.94. The second-order valence-electron chi connectivity index (χ2n) is 6.08. The Labute approximate surface area is 133 Å². The molecule has 1 atom stereocenters. The van der Waals surface area contributed by atoms with Crippen LogP contribution in [0.4, 0.5) is 0 Å². The summed E-state index contributed by atoms with van der Waals surface area (Å²) in [4.78, 5) is 18.8. The van der Waals surface area contributed by atoms with Crippen LogP contribution < -0.4 is 5.32 Å². The zero-order chi connectivity index (χ0) is 15.8. The SMILES string of the molecule is CCn1ncnc1[C@@H](C)NC(=O)CCN1CCCCCCC1. The fraction of sp³-hybridized carbons (Fsp3) is 0.812. The molecule has 6 heteroatoms. The molecule has 0 aliphatic carbocycles. The highest BCUT2D eigenvalue weighted by molar-refractivity contribution is 5.76. The minimum Gasteiger partial charge on any atom is -0.346 e. The van der Waals surface area contributed by atoms with Crippen molar-refractivity contribution >= 4 is 5.91 Å². The van der Waals surface area contributed by atoms with Gasteiger partial charge in [0.25, 0.3) is 0 Å². The molecule has 0 spiro atoms. The minimum absolute atomic E-state index is 0.0951. The molecule has 1 N–H and O–H groups in total.